The van der Waals surface area contributed by atoms with Crippen LogP contribution in [0.25, 0.3) is 5.82 Å². The largest absolute Gasteiger partial charge is 0.503 e. The van der Waals surface area contributed by atoms with Crippen LogP contribution in [0.15, 0.2) is 31.3 Å². The van der Waals surface area contributed by atoms with E-state index in [1.807, 2.05) is 0 Å². The van der Waals surface area contributed by atoms with Crippen molar-refractivity contribution in [2.24, 2.45) is 10.1 Å². The monoisotopic (exact) mass is 553 g/mol. The van der Waals surface area contributed by atoms with Gasteiger partial charge in [-0.2, -0.15) is 9.78 Å². The Hall–Kier alpha value is -3.11. The highest BCUT2D eigenvalue weighted by Gasteiger charge is 2.24. The second kappa shape index (κ2) is 10.2. The quantitative estimate of drug-likeness (QED) is 0.286. The summed E-state index contributed by atoms with van der Waals surface area (Å²) in [6, 6.07) is 3.18. The highest BCUT2D eigenvalue weighted by atomic mass is 79.9. The fraction of sp³-hybridized carbons (Fsp3) is 0.235. The number of nitrogens with zero attached hydrogens (tertiary/aromatic N) is 7. The van der Waals surface area contributed by atoms with Gasteiger partial charge in [0.05, 0.1) is 30.0 Å². The summed E-state index contributed by atoms with van der Waals surface area (Å²) in [5.74, 6) is 1.02. The maximum absolute atomic E-state index is 12.8. The standard InChI is InChI=1S/C17H16BrN9O4S2/c1-30-11-5-8(4-9(18)13(11)28)6-21-23-16(29)12-10(7-33-17-20-2-3-32-17)27(26-22-12)15-14(19)24-31-25-15/h4-6,28H,2-3,7H2,1H3,(H2,19,24)(H,23,29)/b21-6-. The van der Waals surface area contributed by atoms with Crippen molar-refractivity contribution in [1.29, 1.82) is 0 Å². The fourth-order valence-corrected chi connectivity index (χ4v) is 5.15. The molecule has 0 radical (unpaired) electrons. The topological polar surface area (TPSA) is 179 Å². The van der Waals surface area contributed by atoms with Gasteiger partial charge in [0.15, 0.2) is 17.2 Å². The number of ether oxygens (including phenoxy) is 1. The van der Waals surface area contributed by atoms with Gasteiger partial charge in [-0.05, 0) is 43.9 Å². The Labute approximate surface area is 203 Å². The fourth-order valence-electron chi connectivity index (χ4n) is 2.69. The molecule has 33 heavy (non-hydrogen) atoms. The number of methoxy groups -OCH3 is 1. The number of nitrogens with one attached hydrogen (secondary N) is 1. The summed E-state index contributed by atoms with van der Waals surface area (Å²) in [6.07, 6.45) is 1.40. The van der Waals surface area contributed by atoms with E-state index in [1.54, 1.807) is 23.9 Å². The first kappa shape index (κ1) is 23.1. The molecule has 3 heterocycles. The van der Waals surface area contributed by atoms with E-state index in [-0.39, 0.29) is 28.8 Å². The average molecular weight is 554 g/mol. The molecule has 0 bridgehead atoms. The second-order valence-electron chi connectivity index (χ2n) is 6.31. The molecule has 0 fully saturated rings. The number of aromatic hydroxyl groups is 1. The number of carbonyl (C=O) groups excluding carboxylic acids is 1. The van der Waals surface area contributed by atoms with E-state index in [0.29, 0.717) is 21.5 Å². The third-order valence-electron chi connectivity index (χ3n) is 4.21. The zero-order valence-electron chi connectivity index (χ0n) is 16.9. The van der Waals surface area contributed by atoms with Crippen LogP contribution in [0.4, 0.5) is 5.82 Å². The van der Waals surface area contributed by atoms with Gasteiger partial charge >= 0.3 is 0 Å². The lowest BCUT2D eigenvalue weighted by Crippen LogP contribution is -2.20. The van der Waals surface area contributed by atoms with E-state index in [4.69, 9.17) is 10.5 Å². The number of amides is 1. The summed E-state index contributed by atoms with van der Waals surface area (Å²) >= 11 is 6.32. The van der Waals surface area contributed by atoms with Crippen molar-refractivity contribution in [1.82, 2.24) is 30.7 Å². The van der Waals surface area contributed by atoms with Crippen LogP contribution < -0.4 is 15.9 Å². The van der Waals surface area contributed by atoms with Crippen molar-refractivity contribution in [3.05, 3.63) is 33.6 Å². The number of anilines is 1. The Morgan fingerprint density at radius 2 is 2.36 bits per heavy atom. The molecule has 13 nitrogen and oxygen atoms in total. The number of aliphatic imine (C=N–C) groups is 1. The van der Waals surface area contributed by atoms with Crippen molar-refractivity contribution < 1.29 is 19.3 Å². The second-order valence-corrected chi connectivity index (χ2v) is 9.47. The molecule has 4 N–H and O–H groups in total. The molecular formula is C17H16BrN9O4S2. The van der Waals surface area contributed by atoms with E-state index in [2.05, 4.69) is 56.7 Å². The number of hydrazone groups is 1. The van der Waals surface area contributed by atoms with Crippen LogP contribution in [0.1, 0.15) is 21.7 Å². The molecule has 2 aromatic heterocycles. The molecule has 0 saturated carbocycles. The molecular weight excluding hydrogens is 538 g/mol. The van der Waals surface area contributed by atoms with Crippen LogP contribution >= 0.6 is 39.5 Å². The van der Waals surface area contributed by atoms with Gasteiger partial charge in [0.1, 0.15) is 4.38 Å². The van der Waals surface area contributed by atoms with Crippen LogP contribution in [0, 0.1) is 0 Å². The number of nitrogen functional groups attached to an aromatic ring is 1. The zero-order valence-corrected chi connectivity index (χ0v) is 20.1. The smallest absolute Gasteiger partial charge is 0.293 e. The first-order chi connectivity index (χ1) is 16.0. The number of phenols is 1. The Morgan fingerprint density at radius 1 is 1.52 bits per heavy atom. The SMILES string of the molecule is COc1cc(/C=N\NC(=O)c2nnn(-c3nonc3N)c2CSC2=NCCS2)cc(Br)c1O. The van der Waals surface area contributed by atoms with Crippen LogP contribution in [0.3, 0.4) is 0 Å². The molecule has 1 amide bonds. The number of hydrogen-bond acceptors (Lipinski definition) is 13. The lowest BCUT2D eigenvalue weighted by Gasteiger charge is -2.06. The molecule has 0 atom stereocenters. The number of nitrogens with two attached hydrogens (primary N) is 1. The van der Waals surface area contributed by atoms with Gasteiger partial charge < -0.3 is 15.6 Å². The van der Waals surface area contributed by atoms with Gasteiger partial charge in [0, 0.05) is 11.5 Å². The minimum Gasteiger partial charge on any atom is -0.503 e. The maximum Gasteiger partial charge on any atom is 0.293 e. The van der Waals surface area contributed by atoms with E-state index >= 15 is 0 Å². The van der Waals surface area contributed by atoms with E-state index in [1.165, 1.54) is 29.8 Å². The molecule has 4 rings (SSSR count). The normalized spacial score (nSPS) is 13.5. The Kier molecular flexibility index (Phi) is 7.14. The van der Waals surface area contributed by atoms with E-state index in [9.17, 15) is 9.90 Å². The predicted octanol–water partition coefficient (Wildman–Crippen LogP) is 1.81. The summed E-state index contributed by atoms with van der Waals surface area (Å²) in [7, 11) is 1.43. The summed E-state index contributed by atoms with van der Waals surface area (Å²) in [4.78, 5) is 17.2. The highest BCUT2D eigenvalue weighted by molar-refractivity contribution is 9.10. The van der Waals surface area contributed by atoms with Crippen LogP contribution in [0.2, 0.25) is 0 Å². The number of carbonyl (C=O) groups is 1. The third-order valence-corrected chi connectivity index (χ3v) is 7.08. The number of halogens is 1. The van der Waals surface area contributed by atoms with Crippen molar-refractivity contribution in [2.75, 3.05) is 25.1 Å². The summed E-state index contributed by atoms with van der Waals surface area (Å²) in [5.41, 5.74) is 9.26. The van der Waals surface area contributed by atoms with Crippen molar-refractivity contribution >= 4 is 61.8 Å². The first-order valence-corrected chi connectivity index (χ1v) is 12.0. The van der Waals surface area contributed by atoms with Crippen molar-refractivity contribution in [3.63, 3.8) is 0 Å². The first-order valence-electron chi connectivity index (χ1n) is 9.21. The molecule has 0 saturated heterocycles. The number of thioether (sulfide) groups is 2. The molecule has 0 unspecified atom stereocenters. The lowest BCUT2D eigenvalue weighted by molar-refractivity contribution is 0.0949. The highest BCUT2D eigenvalue weighted by Crippen LogP contribution is 2.34. The molecule has 172 valence electrons. The molecule has 1 aliphatic heterocycles. The Bertz CT molecular complexity index is 1240. The summed E-state index contributed by atoms with van der Waals surface area (Å²) in [5, 5.41) is 29.1. The van der Waals surface area contributed by atoms with Gasteiger partial charge in [-0.3, -0.25) is 9.79 Å². The Balaban J connectivity index is 1.55. The van der Waals surface area contributed by atoms with Crippen molar-refractivity contribution in [2.45, 2.75) is 5.75 Å². The number of hydrogen-bond donors (Lipinski definition) is 3. The number of rotatable bonds is 7. The van der Waals surface area contributed by atoms with Gasteiger partial charge in [-0.25, -0.2) is 10.1 Å². The minimum atomic E-state index is -0.589. The minimum absolute atomic E-state index is 0.00978. The average Bonchev–Trinajstić information content (AvgIpc) is 3.55. The molecule has 0 aliphatic carbocycles. The lowest BCUT2D eigenvalue weighted by atomic mass is 10.2. The number of phenolic OH excluding ortho intramolecular Hbond substituents is 1. The molecule has 16 heteroatoms. The zero-order chi connectivity index (χ0) is 23.4. The van der Waals surface area contributed by atoms with Crippen molar-refractivity contribution in [3.8, 4) is 17.3 Å². The molecule has 3 aromatic rings. The van der Waals surface area contributed by atoms with Crippen LogP contribution in [-0.2, 0) is 5.75 Å². The number of benzene rings is 1. The van der Waals surface area contributed by atoms with Gasteiger partial charge in [0.25, 0.3) is 5.91 Å². The Morgan fingerprint density at radius 3 is 3.06 bits per heavy atom. The predicted molar refractivity (Wildman–Crippen MR) is 127 cm³/mol. The number of aromatic nitrogens is 5. The molecule has 1 aromatic carbocycles. The summed E-state index contributed by atoms with van der Waals surface area (Å²) in [6.45, 7) is 0.755. The molecule has 1 aliphatic rings. The summed E-state index contributed by atoms with van der Waals surface area (Å²) < 4.78 is 12.4. The molecule has 0 spiro atoms. The van der Waals surface area contributed by atoms with Gasteiger partial charge in [-0.1, -0.05) is 28.7 Å². The van der Waals surface area contributed by atoms with Gasteiger partial charge in [0.2, 0.25) is 11.6 Å². The van der Waals surface area contributed by atoms with E-state index < -0.39 is 5.91 Å². The maximum atomic E-state index is 12.8. The van der Waals surface area contributed by atoms with Gasteiger partial charge in [-0.15, -0.1) is 5.10 Å². The van der Waals surface area contributed by atoms with E-state index in [0.717, 1.165) is 16.7 Å². The van der Waals surface area contributed by atoms with Crippen LogP contribution in [0.5, 0.6) is 11.5 Å². The van der Waals surface area contributed by atoms with Crippen LogP contribution in [-0.4, -0.2) is 66.3 Å². The third kappa shape index (κ3) is 5.12.